The van der Waals surface area contributed by atoms with E-state index in [9.17, 15) is 15.3 Å². The van der Waals surface area contributed by atoms with Crippen LogP contribution in [0.3, 0.4) is 0 Å². The first-order valence-electron chi connectivity index (χ1n) is 8.69. The van der Waals surface area contributed by atoms with Crippen molar-refractivity contribution in [1.29, 1.82) is 0 Å². The van der Waals surface area contributed by atoms with Gasteiger partial charge in [-0.2, -0.15) is 0 Å². The fraction of sp³-hybridized carbons (Fsp3) is 0.471. The molecule has 0 fully saturated rings. The highest BCUT2D eigenvalue weighted by Gasteiger charge is 2.40. The number of aliphatic hydroxyl groups excluding tert-OH is 1. The van der Waals surface area contributed by atoms with E-state index in [1.807, 2.05) is 13.8 Å². The minimum atomic E-state index is -1.40. The predicted molar refractivity (Wildman–Crippen MR) is 101 cm³/mol. The molecule has 0 radical (unpaired) electrons. The molecule has 0 aliphatic carbocycles. The maximum atomic E-state index is 9.66. The molecule has 2 aliphatic rings. The number of amidine groups is 1. The number of rotatable bonds is 7. The van der Waals surface area contributed by atoms with Gasteiger partial charge < -0.3 is 15.3 Å². The van der Waals surface area contributed by atoms with Gasteiger partial charge in [-0.25, -0.2) is 14.9 Å². The van der Waals surface area contributed by atoms with Gasteiger partial charge in [-0.05, 0) is 49.6 Å². The Labute approximate surface area is 156 Å². The molecule has 0 amide bonds. The third kappa shape index (κ3) is 3.87. The van der Waals surface area contributed by atoms with Crippen molar-refractivity contribution in [2.45, 2.75) is 38.6 Å². The van der Waals surface area contributed by atoms with Crippen LogP contribution in [0.25, 0.3) is 0 Å². The third-order valence-corrected chi connectivity index (χ3v) is 4.42. The number of benzene rings is 1. The summed E-state index contributed by atoms with van der Waals surface area (Å²) in [6.45, 7) is 4.11. The lowest BCUT2D eigenvalue weighted by Gasteiger charge is -2.39. The number of hydrogen-bond donors (Lipinski definition) is 4. The largest absolute Gasteiger partial charge is 0.504 e. The molecule has 1 aromatic carbocycles. The second-order valence-corrected chi connectivity index (χ2v) is 6.65. The summed E-state index contributed by atoms with van der Waals surface area (Å²) < 4.78 is 0. The third-order valence-electron chi connectivity index (χ3n) is 4.42. The standard InChI is InChI=1S/C17H23N7O3/c1-10(2)24(7-8-25)17(18)19-12(15-16(20-17)22-23-21-15)5-3-11-4-6-13(26)14(27)9-11/h4,6,9-10,25-27H,3,5,7-8,18H2,1-2H3/t17-/m1/s1. The monoisotopic (exact) mass is 373 g/mol. The summed E-state index contributed by atoms with van der Waals surface area (Å²) in [7, 11) is 0. The summed E-state index contributed by atoms with van der Waals surface area (Å²) in [5.41, 5.74) is 8.36. The normalized spacial score (nSPS) is 21.3. The Morgan fingerprint density at radius 2 is 1.93 bits per heavy atom. The van der Waals surface area contributed by atoms with Gasteiger partial charge in [0.1, 0.15) is 0 Å². The summed E-state index contributed by atoms with van der Waals surface area (Å²) in [6.07, 6.45) is 1.01. The Bertz CT molecular complexity index is 847. The number of aliphatic hydroxyl groups is 1. The maximum Gasteiger partial charge on any atom is 0.267 e. The summed E-state index contributed by atoms with van der Waals surface area (Å²) in [6, 6.07) is 4.65. The van der Waals surface area contributed by atoms with Crippen LogP contribution in [0.15, 0.2) is 43.6 Å². The van der Waals surface area contributed by atoms with Crippen LogP contribution in [0.1, 0.15) is 25.8 Å². The molecule has 10 nitrogen and oxygen atoms in total. The molecule has 10 heteroatoms. The quantitative estimate of drug-likeness (QED) is 0.415. The van der Waals surface area contributed by atoms with Crippen LogP contribution in [-0.4, -0.2) is 62.6 Å². The van der Waals surface area contributed by atoms with Crippen LogP contribution in [0, 0.1) is 0 Å². The van der Waals surface area contributed by atoms with Crippen molar-refractivity contribution in [3.05, 3.63) is 23.8 Å². The number of aromatic hydroxyl groups is 2. The van der Waals surface area contributed by atoms with Gasteiger partial charge in [0, 0.05) is 12.6 Å². The fourth-order valence-electron chi connectivity index (χ4n) is 3.10. The number of hydrogen-bond acceptors (Lipinski definition) is 10. The molecule has 144 valence electrons. The molecule has 3 rings (SSSR count). The van der Waals surface area contributed by atoms with Crippen molar-refractivity contribution < 1.29 is 15.3 Å². The number of phenolic OH excluding ortho intramolecular Hbond substituents is 2. The smallest absolute Gasteiger partial charge is 0.267 e. The summed E-state index contributed by atoms with van der Waals surface area (Å²) in [5, 5.41) is 40.1. The van der Waals surface area contributed by atoms with Crippen LogP contribution < -0.4 is 5.73 Å². The Morgan fingerprint density at radius 1 is 1.15 bits per heavy atom. The number of aliphatic imine (C=N–C) groups is 2. The van der Waals surface area contributed by atoms with Crippen molar-refractivity contribution in [2.75, 3.05) is 13.2 Å². The highest BCUT2D eigenvalue weighted by atomic mass is 16.3. The molecule has 0 unspecified atom stereocenters. The van der Waals surface area contributed by atoms with E-state index < -0.39 is 5.91 Å². The molecule has 2 aliphatic heterocycles. The summed E-state index contributed by atoms with van der Waals surface area (Å²) >= 11 is 0. The highest BCUT2D eigenvalue weighted by Crippen LogP contribution is 2.27. The Morgan fingerprint density at radius 3 is 2.59 bits per heavy atom. The van der Waals surface area contributed by atoms with Gasteiger partial charge >= 0.3 is 0 Å². The van der Waals surface area contributed by atoms with E-state index in [0.29, 0.717) is 36.6 Å². The second-order valence-electron chi connectivity index (χ2n) is 6.65. The van der Waals surface area contributed by atoms with E-state index in [1.165, 1.54) is 12.1 Å². The molecule has 1 atom stereocenters. The number of nitrogens with two attached hydrogens (primary N) is 1. The average molecular weight is 373 g/mol. The zero-order chi connectivity index (χ0) is 19.6. The predicted octanol–water partition coefficient (Wildman–Crippen LogP) is 0.978. The van der Waals surface area contributed by atoms with Crippen LogP contribution in [0.2, 0.25) is 0 Å². The molecule has 0 spiro atoms. The molecule has 0 bridgehead atoms. The Balaban J connectivity index is 1.88. The molecule has 0 saturated carbocycles. The van der Waals surface area contributed by atoms with E-state index in [1.54, 1.807) is 11.0 Å². The lowest BCUT2D eigenvalue weighted by Crippen LogP contribution is -2.59. The van der Waals surface area contributed by atoms with Gasteiger partial charge in [-0.3, -0.25) is 5.73 Å². The van der Waals surface area contributed by atoms with E-state index in [4.69, 9.17) is 5.73 Å². The second kappa shape index (κ2) is 7.51. The summed E-state index contributed by atoms with van der Waals surface area (Å²) in [4.78, 5) is 10.8. The fourth-order valence-corrected chi connectivity index (χ4v) is 3.10. The molecule has 1 aromatic rings. The highest BCUT2D eigenvalue weighted by molar-refractivity contribution is 6.69. The SMILES string of the molecule is CC(C)N(CCO)[C@]1(N)N=C(CCc2ccc(O)c(O)c2)C2=NN=NC2=N1. The van der Waals surface area contributed by atoms with Crippen molar-refractivity contribution >= 4 is 17.3 Å². The van der Waals surface area contributed by atoms with Crippen LogP contribution >= 0.6 is 0 Å². The van der Waals surface area contributed by atoms with Crippen molar-refractivity contribution in [2.24, 2.45) is 31.2 Å². The molecule has 27 heavy (non-hydrogen) atoms. The van der Waals surface area contributed by atoms with Crippen molar-refractivity contribution in [1.82, 2.24) is 4.90 Å². The number of fused-ring (bicyclic) bond motifs is 1. The van der Waals surface area contributed by atoms with Gasteiger partial charge in [-0.1, -0.05) is 6.07 Å². The zero-order valence-corrected chi connectivity index (χ0v) is 15.2. The topological polar surface area (TPSA) is 152 Å². The zero-order valence-electron chi connectivity index (χ0n) is 15.2. The van der Waals surface area contributed by atoms with Gasteiger partial charge in [0.25, 0.3) is 5.91 Å². The van der Waals surface area contributed by atoms with E-state index in [0.717, 1.165) is 5.56 Å². The molecular weight excluding hydrogens is 350 g/mol. The molecule has 0 aromatic heterocycles. The van der Waals surface area contributed by atoms with Gasteiger partial charge in [0.05, 0.1) is 12.3 Å². The van der Waals surface area contributed by atoms with Crippen molar-refractivity contribution in [3.63, 3.8) is 0 Å². The maximum absolute atomic E-state index is 9.66. The first kappa shape index (κ1) is 19.1. The molecule has 0 saturated heterocycles. The van der Waals surface area contributed by atoms with Gasteiger partial charge in [0.2, 0.25) is 5.84 Å². The first-order valence-corrected chi connectivity index (χ1v) is 8.69. The first-order chi connectivity index (χ1) is 12.8. The van der Waals surface area contributed by atoms with Crippen LogP contribution in [0.4, 0.5) is 0 Å². The minimum absolute atomic E-state index is 0.0117. The van der Waals surface area contributed by atoms with Gasteiger partial charge in [-0.15, -0.1) is 10.2 Å². The average Bonchev–Trinajstić information content (AvgIpc) is 3.08. The van der Waals surface area contributed by atoms with E-state index >= 15 is 0 Å². The molecular formula is C17H23N7O3. The van der Waals surface area contributed by atoms with Crippen LogP contribution in [0.5, 0.6) is 11.5 Å². The molecule has 2 heterocycles. The van der Waals surface area contributed by atoms with Crippen molar-refractivity contribution in [3.8, 4) is 11.5 Å². The van der Waals surface area contributed by atoms with Gasteiger partial charge in [0.15, 0.2) is 17.2 Å². The Kier molecular flexibility index (Phi) is 5.31. The lowest BCUT2D eigenvalue weighted by atomic mass is 10.0. The number of nitrogens with zero attached hydrogens (tertiary/aromatic N) is 6. The number of aryl methyl sites for hydroxylation is 1. The lowest BCUT2D eigenvalue weighted by molar-refractivity contribution is 0.0535. The minimum Gasteiger partial charge on any atom is -0.504 e. The summed E-state index contributed by atoms with van der Waals surface area (Å²) in [5.74, 6) is -1.43. The van der Waals surface area contributed by atoms with E-state index in [-0.39, 0.29) is 24.1 Å². The van der Waals surface area contributed by atoms with Crippen LogP contribution in [-0.2, 0) is 6.42 Å². The number of phenols is 2. The van der Waals surface area contributed by atoms with E-state index in [2.05, 4.69) is 25.4 Å². The molecule has 5 N–H and O–H groups in total. The Hall–Kier alpha value is -2.69.